The molecule has 0 bridgehead atoms. The van der Waals surface area contributed by atoms with Crippen LogP contribution in [0, 0.1) is 0 Å². The van der Waals surface area contributed by atoms with Crippen molar-refractivity contribution in [2.24, 2.45) is 7.05 Å². The van der Waals surface area contributed by atoms with Gasteiger partial charge in [-0.05, 0) is 38.1 Å². The van der Waals surface area contributed by atoms with Gasteiger partial charge in [-0.25, -0.2) is 4.79 Å². The minimum absolute atomic E-state index is 0.216. The minimum atomic E-state index is -0.525. The van der Waals surface area contributed by atoms with E-state index in [2.05, 4.69) is 10.4 Å². The summed E-state index contributed by atoms with van der Waals surface area (Å²) in [7, 11) is 1.64. The third-order valence-electron chi connectivity index (χ3n) is 3.09. The smallest absolute Gasteiger partial charge is 0.343 e. The van der Waals surface area contributed by atoms with Crippen molar-refractivity contribution in [3.63, 3.8) is 0 Å². The van der Waals surface area contributed by atoms with Gasteiger partial charge < -0.3 is 14.8 Å². The van der Waals surface area contributed by atoms with Crippen LogP contribution < -0.4 is 10.1 Å². The quantitative estimate of drug-likeness (QED) is 0.826. The lowest BCUT2D eigenvalue weighted by atomic mass is 10.2. The van der Waals surface area contributed by atoms with Crippen LogP contribution in [0.4, 0.5) is 5.82 Å². The number of carbonyl (C=O) groups is 2. The Morgan fingerprint density at radius 2 is 1.87 bits per heavy atom. The van der Waals surface area contributed by atoms with Gasteiger partial charge in [-0.15, -0.1) is 0 Å². The van der Waals surface area contributed by atoms with Crippen LogP contribution in [-0.4, -0.2) is 34.9 Å². The molecule has 0 unspecified atom stereocenters. The zero-order valence-electron chi connectivity index (χ0n) is 13.3. The van der Waals surface area contributed by atoms with E-state index >= 15 is 0 Å². The fourth-order valence-corrected chi connectivity index (χ4v) is 1.99. The second-order valence-corrected chi connectivity index (χ2v) is 4.66. The highest BCUT2D eigenvalue weighted by Gasteiger charge is 2.19. The van der Waals surface area contributed by atoms with Crippen molar-refractivity contribution < 1.29 is 19.1 Å². The van der Waals surface area contributed by atoms with Gasteiger partial charge in [0.05, 0.1) is 19.4 Å². The molecule has 7 nitrogen and oxygen atoms in total. The number of rotatable bonds is 6. The summed E-state index contributed by atoms with van der Waals surface area (Å²) in [5.74, 6) is 0.115. The molecular weight excluding hydrogens is 298 g/mol. The number of aromatic nitrogens is 2. The van der Waals surface area contributed by atoms with E-state index in [0.29, 0.717) is 23.7 Å². The fraction of sp³-hybridized carbons (Fsp3) is 0.312. The Bertz CT molecular complexity index is 692. The van der Waals surface area contributed by atoms with E-state index < -0.39 is 5.97 Å². The largest absolute Gasteiger partial charge is 0.494 e. The summed E-state index contributed by atoms with van der Waals surface area (Å²) < 4.78 is 11.7. The molecular formula is C16H19N3O4. The molecule has 0 aliphatic rings. The average molecular weight is 317 g/mol. The summed E-state index contributed by atoms with van der Waals surface area (Å²) in [6, 6.07) is 6.74. The molecule has 1 aromatic carbocycles. The molecule has 0 spiro atoms. The molecule has 122 valence electrons. The lowest BCUT2D eigenvalue weighted by molar-refractivity contribution is 0.0527. The first-order valence-corrected chi connectivity index (χ1v) is 7.30. The highest BCUT2D eigenvalue weighted by atomic mass is 16.5. The van der Waals surface area contributed by atoms with Crippen molar-refractivity contribution in [3.05, 3.63) is 41.6 Å². The number of anilines is 1. The van der Waals surface area contributed by atoms with Crippen molar-refractivity contribution in [3.8, 4) is 5.75 Å². The van der Waals surface area contributed by atoms with Crippen molar-refractivity contribution in [2.75, 3.05) is 18.5 Å². The minimum Gasteiger partial charge on any atom is -0.494 e. The van der Waals surface area contributed by atoms with Gasteiger partial charge in [0.2, 0.25) is 0 Å². The van der Waals surface area contributed by atoms with Crippen LogP contribution >= 0.6 is 0 Å². The Morgan fingerprint density at radius 1 is 1.17 bits per heavy atom. The predicted octanol–water partition coefficient (Wildman–Crippen LogP) is 2.25. The van der Waals surface area contributed by atoms with Gasteiger partial charge in [-0.3, -0.25) is 9.48 Å². The first kappa shape index (κ1) is 16.5. The maximum absolute atomic E-state index is 12.3. The van der Waals surface area contributed by atoms with Gasteiger partial charge in [0.1, 0.15) is 17.1 Å². The molecule has 0 fully saturated rings. The number of hydrogen-bond donors (Lipinski definition) is 1. The van der Waals surface area contributed by atoms with E-state index in [1.54, 1.807) is 38.2 Å². The lowest BCUT2D eigenvalue weighted by Gasteiger charge is -2.09. The van der Waals surface area contributed by atoms with E-state index in [0.717, 1.165) is 0 Å². The fourth-order valence-electron chi connectivity index (χ4n) is 1.99. The van der Waals surface area contributed by atoms with Crippen LogP contribution in [0.2, 0.25) is 0 Å². The first-order chi connectivity index (χ1) is 11.1. The van der Waals surface area contributed by atoms with E-state index in [4.69, 9.17) is 9.47 Å². The highest BCUT2D eigenvalue weighted by Crippen LogP contribution is 2.18. The molecule has 7 heteroatoms. The SMILES string of the molecule is CCOC(=O)c1cnn(C)c1NC(=O)c1ccc(OCC)cc1. The number of esters is 1. The monoisotopic (exact) mass is 317 g/mol. The zero-order valence-corrected chi connectivity index (χ0v) is 13.3. The number of hydrogen-bond acceptors (Lipinski definition) is 5. The van der Waals surface area contributed by atoms with Crippen LogP contribution in [0.25, 0.3) is 0 Å². The molecule has 0 atom stereocenters. The van der Waals surface area contributed by atoms with E-state index in [1.807, 2.05) is 6.92 Å². The molecule has 0 saturated carbocycles. The summed E-state index contributed by atoms with van der Waals surface area (Å²) in [6.07, 6.45) is 1.37. The van der Waals surface area contributed by atoms with E-state index in [-0.39, 0.29) is 18.1 Å². The van der Waals surface area contributed by atoms with Crippen molar-refractivity contribution in [1.29, 1.82) is 0 Å². The van der Waals surface area contributed by atoms with Crippen LogP contribution in [0.15, 0.2) is 30.5 Å². The second kappa shape index (κ2) is 7.44. The third kappa shape index (κ3) is 3.88. The summed E-state index contributed by atoms with van der Waals surface area (Å²) in [5, 5.41) is 6.67. The lowest BCUT2D eigenvalue weighted by Crippen LogP contribution is -2.17. The Hall–Kier alpha value is -2.83. The Labute approximate surface area is 134 Å². The zero-order chi connectivity index (χ0) is 16.8. The summed E-state index contributed by atoms with van der Waals surface area (Å²) in [6.45, 7) is 4.41. The van der Waals surface area contributed by atoms with E-state index in [9.17, 15) is 9.59 Å². The normalized spacial score (nSPS) is 10.2. The second-order valence-electron chi connectivity index (χ2n) is 4.66. The van der Waals surface area contributed by atoms with Gasteiger partial charge in [0.15, 0.2) is 0 Å². The van der Waals surface area contributed by atoms with Gasteiger partial charge in [-0.2, -0.15) is 5.10 Å². The maximum atomic E-state index is 12.3. The number of carbonyl (C=O) groups excluding carboxylic acids is 2. The van der Waals surface area contributed by atoms with Crippen molar-refractivity contribution in [2.45, 2.75) is 13.8 Å². The average Bonchev–Trinajstić information content (AvgIpc) is 2.90. The van der Waals surface area contributed by atoms with Crippen molar-refractivity contribution >= 4 is 17.7 Å². The van der Waals surface area contributed by atoms with Gasteiger partial charge in [0, 0.05) is 12.6 Å². The summed E-state index contributed by atoms with van der Waals surface area (Å²) >= 11 is 0. The first-order valence-electron chi connectivity index (χ1n) is 7.30. The summed E-state index contributed by atoms with van der Waals surface area (Å²) in [5.41, 5.74) is 0.665. The number of benzene rings is 1. The molecule has 1 amide bonds. The molecule has 1 aromatic heterocycles. The number of amides is 1. The number of ether oxygens (including phenoxy) is 2. The van der Waals surface area contributed by atoms with Crippen molar-refractivity contribution in [1.82, 2.24) is 9.78 Å². The van der Waals surface area contributed by atoms with Crippen LogP contribution in [-0.2, 0) is 11.8 Å². The molecule has 1 N–H and O–H groups in total. The number of aryl methyl sites for hydroxylation is 1. The van der Waals surface area contributed by atoms with Crippen LogP contribution in [0.1, 0.15) is 34.6 Å². The Balaban J connectivity index is 2.17. The van der Waals surface area contributed by atoms with Gasteiger partial charge >= 0.3 is 5.97 Å². The van der Waals surface area contributed by atoms with Gasteiger partial charge in [-0.1, -0.05) is 0 Å². The third-order valence-corrected chi connectivity index (χ3v) is 3.09. The molecule has 0 aliphatic heterocycles. The van der Waals surface area contributed by atoms with Crippen LogP contribution in [0.5, 0.6) is 5.75 Å². The van der Waals surface area contributed by atoms with E-state index in [1.165, 1.54) is 10.9 Å². The highest BCUT2D eigenvalue weighted by molar-refractivity contribution is 6.07. The standard InChI is InChI=1S/C16H19N3O4/c1-4-22-12-8-6-11(7-9-12)15(20)18-14-13(10-17-19(14)3)16(21)23-5-2/h6-10H,4-5H2,1-3H3,(H,18,20). The molecule has 0 saturated heterocycles. The number of nitrogens with zero attached hydrogens (tertiary/aromatic N) is 2. The number of nitrogens with one attached hydrogen (secondary N) is 1. The molecule has 0 aliphatic carbocycles. The molecule has 2 aromatic rings. The van der Waals surface area contributed by atoms with Gasteiger partial charge in [0.25, 0.3) is 5.91 Å². The maximum Gasteiger partial charge on any atom is 0.343 e. The molecule has 1 heterocycles. The Kier molecular flexibility index (Phi) is 5.35. The molecule has 0 radical (unpaired) electrons. The summed E-state index contributed by atoms with van der Waals surface area (Å²) in [4.78, 5) is 24.2. The molecule has 23 heavy (non-hydrogen) atoms. The topological polar surface area (TPSA) is 82.5 Å². The van der Waals surface area contributed by atoms with Crippen LogP contribution in [0.3, 0.4) is 0 Å². The predicted molar refractivity (Wildman–Crippen MR) is 84.7 cm³/mol. The Morgan fingerprint density at radius 3 is 2.48 bits per heavy atom. The molecule has 2 rings (SSSR count).